The molecule has 13 heavy (non-hydrogen) atoms. The highest BCUT2D eigenvalue weighted by Gasteiger charge is 1.93. The van der Waals surface area contributed by atoms with Crippen LogP contribution in [-0.4, -0.2) is 12.9 Å². The van der Waals surface area contributed by atoms with Crippen molar-refractivity contribution in [2.24, 2.45) is 0 Å². The Balaban J connectivity index is 2.50. The van der Waals surface area contributed by atoms with Gasteiger partial charge in [0.2, 0.25) is 0 Å². The Morgan fingerprint density at radius 2 is 2.08 bits per heavy atom. The van der Waals surface area contributed by atoms with Crippen LogP contribution in [0.25, 0.3) is 0 Å². The molecule has 0 aliphatic carbocycles. The van der Waals surface area contributed by atoms with Crippen LogP contribution in [0.5, 0.6) is 0 Å². The number of carbonyl (C=O) groups excluding carboxylic acids is 1. The van der Waals surface area contributed by atoms with Gasteiger partial charge in [0.1, 0.15) is 12.9 Å². The zero-order valence-electron chi connectivity index (χ0n) is 7.06. The third-order valence-corrected chi connectivity index (χ3v) is 1.54. The Morgan fingerprint density at radius 3 is 2.62 bits per heavy atom. The summed E-state index contributed by atoms with van der Waals surface area (Å²) in [5.41, 5.74) is 1.58. The minimum Gasteiger partial charge on any atom is -0.369 e. The summed E-state index contributed by atoms with van der Waals surface area (Å²) in [6.45, 7) is 0.518. The van der Waals surface area contributed by atoms with E-state index in [0.29, 0.717) is 18.5 Å². The molecule has 0 radical (unpaired) electrons. The molecule has 0 atom stereocenters. The number of rotatable bonds is 4. The van der Waals surface area contributed by atoms with Crippen LogP contribution in [-0.2, 0) is 16.1 Å². The van der Waals surface area contributed by atoms with Gasteiger partial charge in [-0.05, 0) is 17.7 Å². The molecule has 0 saturated heterocycles. The number of nitriles is 1. The van der Waals surface area contributed by atoms with Crippen molar-refractivity contribution in [2.45, 2.75) is 6.61 Å². The second-order valence-electron chi connectivity index (χ2n) is 2.49. The van der Waals surface area contributed by atoms with Gasteiger partial charge in [-0.1, -0.05) is 12.1 Å². The van der Waals surface area contributed by atoms with Gasteiger partial charge in [0.25, 0.3) is 0 Å². The summed E-state index contributed by atoms with van der Waals surface area (Å²) in [4.78, 5) is 9.93. The Kier molecular flexibility index (Phi) is 3.68. The van der Waals surface area contributed by atoms with Gasteiger partial charge in [0.15, 0.2) is 0 Å². The van der Waals surface area contributed by atoms with E-state index in [9.17, 15) is 4.79 Å². The van der Waals surface area contributed by atoms with Gasteiger partial charge in [-0.15, -0.1) is 0 Å². The SMILES string of the molecule is N#Cc1ccc(COCC=O)cc1. The number of nitrogens with zero attached hydrogens (tertiary/aromatic N) is 1. The van der Waals surface area contributed by atoms with Crippen molar-refractivity contribution in [3.8, 4) is 6.07 Å². The Bertz CT molecular complexity index is 311. The van der Waals surface area contributed by atoms with Crippen LogP contribution >= 0.6 is 0 Å². The normalized spacial score (nSPS) is 9.15. The third-order valence-electron chi connectivity index (χ3n) is 1.54. The van der Waals surface area contributed by atoms with Crippen LogP contribution in [0.2, 0.25) is 0 Å². The maximum Gasteiger partial charge on any atom is 0.145 e. The second-order valence-corrected chi connectivity index (χ2v) is 2.49. The van der Waals surface area contributed by atoms with Gasteiger partial charge in [0, 0.05) is 0 Å². The van der Waals surface area contributed by atoms with Gasteiger partial charge in [-0.2, -0.15) is 5.26 Å². The van der Waals surface area contributed by atoms with E-state index in [0.717, 1.165) is 5.56 Å². The minimum absolute atomic E-state index is 0.111. The predicted molar refractivity (Wildman–Crippen MR) is 46.9 cm³/mol. The topological polar surface area (TPSA) is 50.1 Å². The largest absolute Gasteiger partial charge is 0.369 e. The summed E-state index contributed by atoms with van der Waals surface area (Å²) in [5.74, 6) is 0. The van der Waals surface area contributed by atoms with Gasteiger partial charge in [-0.25, -0.2) is 0 Å². The molecule has 0 unspecified atom stereocenters. The van der Waals surface area contributed by atoms with Crippen molar-refractivity contribution >= 4 is 6.29 Å². The fourth-order valence-electron chi connectivity index (χ4n) is 0.900. The minimum atomic E-state index is 0.111. The first kappa shape index (κ1) is 9.43. The number of carbonyl (C=O) groups is 1. The summed E-state index contributed by atoms with van der Waals surface area (Å²) >= 11 is 0. The predicted octanol–water partition coefficient (Wildman–Crippen LogP) is 1.27. The van der Waals surface area contributed by atoms with Crippen LogP contribution in [0.1, 0.15) is 11.1 Å². The third kappa shape index (κ3) is 3.06. The van der Waals surface area contributed by atoms with Gasteiger partial charge < -0.3 is 9.53 Å². The molecule has 1 aromatic carbocycles. The van der Waals surface area contributed by atoms with E-state index in [4.69, 9.17) is 10.00 Å². The van der Waals surface area contributed by atoms with E-state index in [1.807, 2.05) is 18.2 Å². The maximum absolute atomic E-state index is 9.93. The molecule has 0 aromatic heterocycles. The molecule has 3 heteroatoms. The molecule has 0 spiro atoms. The van der Waals surface area contributed by atoms with Crippen LogP contribution in [0, 0.1) is 11.3 Å². The molecule has 0 aliphatic rings. The lowest BCUT2D eigenvalue weighted by Crippen LogP contribution is -1.95. The van der Waals surface area contributed by atoms with Crippen LogP contribution in [0.4, 0.5) is 0 Å². The van der Waals surface area contributed by atoms with Crippen LogP contribution in [0.15, 0.2) is 24.3 Å². The number of hydrogen-bond donors (Lipinski definition) is 0. The van der Waals surface area contributed by atoms with E-state index >= 15 is 0 Å². The Labute approximate surface area is 76.6 Å². The lowest BCUT2D eigenvalue weighted by molar-refractivity contribution is -0.112. The van der Waals surface area contributed by atoms with Crippen molar-refractivity contribution in [3.63, 3.8) is 0 Å². The first-order valence-corrected chi connectivity index (χ1v) is 3.87. The van der Waals surface area contributed by atoms with Crippen molar-refractivity contribution in [1.82, 2.24) is 0 Å². The van der Waals surface area contributed by atoms with E-state index < -0.39 is 0 Å². The monoisotopic (exact) mass is 175 g/mol. The fraction of sp³-hybridized carbons (Fsp3) is 0.200. The fourth-order valence-corrected chi connectivity index (χ4v) is 0.900. The number of hydrogen-bond acceptors (Lipinski definition) is 3. The highest BCUT2D eigenvalue weighted by atomic mass is 16.5. The molecule has 1 aromatic rings. The van der Waals surface area contributed by atoms with Crippen molar-refractivity contribution in [1.29, 1.82) is 5.26 Å². The average Bonchev–Trinajstić information content (AvgIpc) is 2.19. The van der Waals surface area contributed by atoms with Gasteiger partial charge in [-0.3, -0.25) is 0 Å². The summed E-state index contributed by atoms with van der Waals surface area (Å²) in [6.07, 6.45) is 0.712. The molecule has 0 saturated carbocycles. The number of aldehydes is 1. The van der Waals surface area contributed by atoms with Crippen molar-refractivity contribution in [2.75, 3.05) is 6.61 Å². The Morgan fingerprint density at radius 1 is 1.38 bits per heavy atom. The quantitative estimate of drug-likeness (QED) is 0.511. The summed E-state index contributed by atoms with van der Waals surface area (Å²) in [7, 11) is 0. The molecule has 1 rings (SSSR count). The van der Waals surface area contributed by atoms with E-state index in [1.54, 1.807) is 12.1 Å². The van der Waals surface area contributed by atoms with E-state index in [-0.39, 0.29) is 6.61 Å². The van der Waals surface area contributed by atoms with Gasteiger partial charge in [0.05, 0.1) is 18.2 Å². The highest BCUT2D eigenvalue weighted by Crippen LogP contribution is 2.04. The van der Waals surface area contributed by atoms with Crippen molar-refractivity contribution < 1.29 is 9.53 Å². The molecule has 66 valence electrons. The second kappa shape index (κ2) is 5.07. The average molecular weight is 175 g/mol. The summed E-state index contributed by atoms with van der Waals surface area (Å²) in [5, 5.41) is 8.52. The lowest BCUT2D eigenvalue weighted by atomic mass is 10.2. The zero-order valence-corrected chi connectivity index (χ0v) is 7.06. The lowest BCUT2D eigenvalue weighted by Gasteiger charge is -1.99. The first-order chi connectivity index (χ1) is 6.36. The summed E-state index contributed by atoms with van der Waals surface area (Å²) < 4.78 is 4.99. The molecule has 3 nitrogen and oxygen atoms in total. The maximum atomic E-state index is 9.93. The zero-order chi connectivity index (χ0) is 9.52. The Hall–Kier alpha value is -1.66. The molecule has 0 bridgehead atoms. The number of benzene rings is 1. The van der Waals surface area contributed by atoms with E-state index in [2.05, 4.69) is 0 Å². The smallest absolute Gasteiger partial charge is 0.145 e. The standard InChI is InChI=1S/C10H9NO2/c11-7-9-1-3-10(4-2-9)8-13-6-5-12/h1-5H,6,8H2. The molecule has 0 heterocycles. The van der Waals surface area contributed by atoms with Gasteiger partial charge >= 0.3 is 0 Å². The highest BCUT2D eigenvalue weighted by molar-refractivity contribution is 5.50. The molecule has 0 amide bonds. The van der Waals surface area contributed by atoms with E-state index in [1.165, 1.54) is 0 Å². The van der Waals surface area contributed by atoms with Crippen LogP contribution < -0.4 is 0 Å². The molecular weight excluding hydrogens is 166 g/mol. The van der Waals surface area contributed by atoms with Crippen molar-refractivity contribution in [3.05, 3.63) is 35.4 Å². The summed E-state index contributed by atoms with van der Waals surface area (Å²) in [6, 6.07) is 9.09. The molecule has 0 aliphatic heterocycles. The number of ether oxygens (including phenoxy) is 1. The molecule has 0 N–H and O–H groups in total. The molecule has 0 fully saturated rings. The first-order valence-electron chi connectivity index (χ1n) is 3.87. The molecular formula is C10H9NO2. The van der Waals surface area contributed by atoms with Crippen LogP contribution in [0.3, 0.4) is 0 Å².